The Morgan fingerprint density at radius 3 is 2.75 bits per heavy atom. The molecule has 0 unspecified atom stereocenters. The van der Waals surface area contributed by atoms with Gasteiger partial charge in [-0.15, -0.1) is 0 Å². The van der Waals surface area contributed by atoms with Gasteiger partial charge in [-0.1, -0.05) is 0 Å². The van der Waals surface area contributed by atoms with Gasteiger partial charge in [0.25, 0.3) is 0 Å². The van der Waals surface area contributed by atoms with Crippen LogP contribution in [0, 0.1) is 0 Å². The molecular weight excluding hydrogens is 256 g/mol. The summed E-state index contributed by atoms with van der Waals surface area (Å²) in [6, 6.07) is 1.65. The molecule has 110 valence electrons. The van der Waals surface area contributed by atoms with Gasteiger partial charge in [0, 0.05) is 18.7 Å². The van der Waals surface area contributed by atoms with Crippen molar-refractivity contribution >= 4 is 6.08 Å². The first-order valence-electron chi connectivity index (χ1n) is 6.76. The maximum Gasteiger partial charge on any atom is 0.137 e. The van der Waals surface area contributed by atoms with Gasteiger partial charge in [-0.05, 0) is 38.8 Å². The van der Waals surface area contributed by atoms with Crippen LogP contribution in [-0.2, 0) is 11.2 Å². The molecule has 1 aromatic rings. The minimum absolute atomic E-state index is 0.183. The predicted molar refractivity (Wildman–Crippen MR) is 78.6 cm³/mol. The first-order valence-corrected chi connectivity index (χ1v) is 6.76. The molecule has 20 heavy (non-hydrogen) atoms. The topological polar surface area (TPSA) is 47.9 Å². The van der Waals surface area contributed by atoms with Crippen molar-refractivity contribution in [3.8, 4) is 17.2 Å². The number of rotatable bonds is 5. The Morgan fingerprint density at radius 2 is 2.10 bits per heavy atom. The standard InChI is InChI=1S/C16H22O4/c1-16(2,19-4)8-7-12-14(18-3)10-13(17)11-6-5-9-20-15(11)12/h5-6,10,17H,7-9H2,1-4H3. The molecule has 1 aliphatic heterocycles. The fraction of sp³-hybridized carbons (Fsp3) is 0.500. The molecular formula is C16H22O4. The van der Waals surface area contributed by atoms with Crippen molar-refractivity contribution in [1.82, 2.24) is 0 Å². The number of phenolic OH excluding ortho intramolecular Hbond substituents is 1. The molecule has 0 bridgehead atoms. The second kappa shape index (κ2) is 5.75. The van der Waals surface area contributed by atoms with E-state index in [0.29, 0.717) is 12.4 Å². The Labute approximate surface area is 120 Å². The molecule has 0 spiro atoms. The van der Waals surface area contributed by atoms with E-state index in [2.05, 4.69) is 0 Å². The molecule has 4 nitrogen and oxygen atoms in total. The van der Waals surface area contributed by atoms with Crippen LogP contribution in [0.25, 0.3) is 6.08 Å². The van der Waals surface area contributed by atoms with Gasteiger partial charge in [-0.25, -0.2) is 0 Å². The summed E-state index contributed by atoms with van der Waals surface area (Å²) in [7, 11) is 3.31. The lowest BCUT2D eigenvalue weighted by atomic mass is 9.95. The van der Waals surface area contributed by atoms with Crippen LogP contribution in [0.2, 0.25) is 0 Å². The largest absolute Gasteiger partial charge is 0.507 e. The molecule has 0 amide bonds. The highest BCUT2D eigenvalue weighted by atomic mass is 16.5. The molecule has 0 atom stereocenters. The molecule has 4 heteroatoms. The van der Waals surface area contributed by atoms with Crippen LogP contribution in [0.1, 0.15) is 31.4 Å². The Balaban J connectivity index is 2.38. The number of phenols is 1. The van der Waals surface area contributed by atoms with Gasteiger partial charge in [0.05, 0.1) is 18.3 Å². The lowest BCUT2D eigenvalue weighted by Gasteiger charge is -2.25. The third kappa shape index (κ3) is 2.90. The lowest BCUT2D eigenvalue weighted by molar-refractivity contribution is 0.0156. The summed E-state index contributed by atoms with van der Waals surface area (Å²) in [5, 5.41) is 10.0. The molecule has 1 aromatic carbocycles. The average Bonchev–Trinajstić information content (AvgIpc) is 2.46. The highest BCUT2D eigenvalue weighted by Crippen LogP contribution is 2.42. The minimum Gasteiger partial charge on any atom is -0.507 e. The van der Waals surface area contributed by atoms with Crippen molar-refractivity contribution in [2.24, 2.45) is 0 Å². The summed E-state index contributed by atoms with van der Waals surface area (Å²) in [4.78, 5) is 0. The van der Waals surface area contributed by atoms with Gasteiger partial charge in [0.1, 0.15) is 23.9 Å². The van der Waals surface area contributed by atoms with Crippen LogP contribution in [0.15, 0.2) is 12.1 Å². The Bertz CT molecular complexity index is 518. The molecule has 1 aliphatic rings. The van der Waals surface area contributed by atoms with Crippen LogP contribution in [0.5, 0.6) is 17.2 Å². The lowest BCUT2D eigenvalue weighted by Crippen LogP contribution is -2.23. The summed E-state index contributed by atoms with van der Waals surface area (Å²) >= 11 is 0. The maximum absolute atomic E-state index is 10.0. The highest BCUT2D eigenvalue weighted by molar-refractivity contribution is 5.70. The zero-order valence-electron chi connectivity index (χ0n) is 12.5. The summed E-state index contributed by atoms with van der Waals surface area (Å²) in [6.07, 6.45) is 5.38. The maximum atomic E-state index is 10.0. The average molecular weight is 278 g/mol. The van der Waals surface area contributed by atoms with Gasteiger partial charge < -0.3 is 19.3 Å². The summed E-state index contributed by atoms with van der Waals surface area (Å²) in [5.41, 5.74) is 1.50. The number of hydrogen-bond donors (Lipinski definition) is 1. The fourth-order valence-electron chi connectivity index (χ4n) is 2.25. The number of methoxy groups -OCH3 is 2. The van der Waals surface area contributed by atoms with E-state index in [-0.39, 0.29) is 11.4 Å². The Kier molecular flexibility index (Phi) is 4.23. The van der Waals surface area contributed by atoms with E-state index in [0.717, 1.165) is 29.7 Å². The van der Waals surface area contributed by atoms with E-state index >= 15 is 0 Å². The van der Waals surface area contributed by atoms with Crippen LogP contribution in [0.4, 0.5) is 0 Å². The molecule has 0 fully saturated rings. The summed E-state index contributed by atoms with van der Waals surface area (Å²) < 4.78 is 16.6. The zero-order valence-corrected chi connectivity index (χ0v) is 12.5. The van der Waals surface area contributed by atoms with Crippen LogP contribution in [0.3, 0.4) is 0 Å². The van der Waals surface area contributed by atoms with Crippen molar-refractivity contribution in [3.63, 3.8) is 0 Å². The quantitative estimate of drug-likeness (QED) is 0.898. The minimum atomic E-state index is -0.208. The molecule has 0 saturated carbocycles. The molecule has 2 rings (SSSR count). The number of fused-ring (bicyclic) bond motifs is 1. The van der Waals surface area contributed by atoms with Crippen molar-refractivity contribution in [2.75, 3.05) is 20.8 Å². The first-order chi connectivity index (χ1) is 9.48. The van der Waals surface area contributed by atoms with Crippen LogP contribution >= 0.6 is 0 Å². The number of hydrogen-bond acceptors (Lipinski definition) is 4. The van der Waals surface area contributed by atoms with Gasteiger partial charge in [-0.3, -0.25) is 0 Å². The van der Waals surface area contributed by atoms with Gasteiger partial charge in [0.15, 0.2) is 0 Å². The highest BCUT2D eigenvalue weighted by Gasteiger charge is 2.23. The summed E-state index contributed by atoms with van der Waals surface area (Å²) in [6.45, 7) is 4.61. The Hall–Kier alpha value is -1.68. The second-order valence-corrected chi connectivity index (χ2v) is 5.50. The van der Waals surface area contributed by atoms with E-state index in [9.17, 15) is 5.11 Å². The fourth-order valence-corrected chi connectivity index (χ4v) is 2.25. The molecule has 1 heterocycles. The number of benzene rings is 1. The van der Waals surface area contributed by atoms with Gasteiger partial charge in [0.2, 0.25) is 0 Å². The van der Waals surface area contributed by atoms with E-state index in [1.807, 2.05) is 26.0 Å². The van der Waals surface area contributed by atoms with Crippen molar-refractivity contribution in [3.05, 3.63) is 23.3 Å². The van der Waals surface area contributed by atoms with E-state index in [1.54, 1.807) is 20.3 Å². The SMILES string of the molecule is COc1cc(O)c2c(c1CCC(C)(C)OC)OCC=C2. The van der Waals surface area contributed by atoms with Gasteiger partial charge >= 0.3 is 0 Å². The smallest absolute Gasteiger partial charge is 0.137 e. The molecule has 0 saturated heterocycles. The normalized spacial score (nSPS) is 13.8. The zero-order chi connectivity index (χ0) is 14.8. The van der Waals surface area contributed by atoms with Crippen LogP contribution in [-0.4, -0.2) is 31.5 Å². The monoisotopic (exact) mass is 278 g/mol. The van der Waals surface area contributed by atoms with E-state index in [4.69, 9.17) is 14.2 Å². The van der Waals surface area contributed by atoms with Crippen molar-refractivity contribution in [1.29, 1.82) is 0 Å². The Morgan fingerprint density at radius 1 is 1.35 bits per heavy atom. The van der Waals surface area contributed by atoms with Crippen molar-refractivity contribution in [2.45, 2.75) is 32.3 Å². The first kappa shape index (κ1) is 14.7. The molecule has 0 aromatic heterocycles. The van der Waals surface area contributed by atoms with Crippen LogP contribution < -0.4 is 9.47 Å². The second-order valence-electron chi connectivity index (χ2n) is 5.50. The number of aromatic hydroxyl groups is 1. The van der Waals surface area contributed by atoms with E-state index in [1.165, 1.54) is 0 Å². The number of ether oxygens (including phenoxy) is 3. The summed E-state index contributed by atoms with van der Waals surface area (Å²) in [5.74, 6) is 1.56. The third-order valence-electron chi connectivity index (χ3n) is 3.72. The third-order valence-corrected chi connectivity index (χ3v) is 3.72. The van der Waals surface area contributed by atoms with Crippen molar-refractivity contribution < 1.29 is 19.3 Å². The van der Waals surface area contributed by atoms with E-state index < -0.39 is 0 Å². The predicted octanol–water partition coefficient (Wildman–Crippen LogP) is 3.16. The molecule has 1 N–H and O–H groups in total. The molecule has 0 radical (unpaired) electrons. The molecule has 0 aliphatic carbocycles. The van der Waals surface area contributed by atoms with Gasteiger partial charge in [-0.2, -0.15) is 0 Å².